The average Bonchev–Trinajstić information content (AvgIpc) is 2.59. The van der Waals surface area contributed by atoms with E-state index in [-0.39, 0.29) is 11.3 Å². The Hall–Kier alpha value is -1.69. The smallest absolute Gasteiger partial charge is 0.322 e. The van der Waals surface area contributed by atoms with Gasteiger partial charge in [0.1, 0.15) is 6.33 Å². The van der Waals surface area contributed by atoms with Gasteiger partial charge in [0.15, 0.2) is 0 Å². The van der Waals surface area contributed by atoms with Gasteiger partial charge in [-0.25, -0.2) is 4.98 Å². The highest BCUT2D eigenvalue weighted by atomic mass is 35.5. The molecule has 0 aromatic carbocycles. The third-order valence-corrected chi connectivity index (χ3v) is 2.39. The number of nitrogens with zero attached hydrogens (tertiary/aromatic N) is 5. The van der Waals surface area contributed by atoms with Crippen molar-refractivity contribution in [3.63, 3.8) is 0 Å². The van der Waals surface area contributed by atoms with Crippen LogP contribution in [0, 0.1) is 13.8 Å². The molecule has 0 bridgehead atoms. The Kier molecular flexibility index (Phi) is 2.74. The number of halogens is 1. The molecule has 6 nitrogen and oxygen atoms in total. The molecule has 0 atom stereocenters. The summed E-state index contributed by atoms with van der Waals surface area (Å²) in [5, 5.41) is 0.0904. The van der Waals surface area contributed by atoms with Crippen LogP contribution >= 0.6 is 11.6 Å². The lowest BCUT2D eigenvalue weighted by Gasteiger charge is -2.04. The topological polar surface area (TPSA) is 65.7 Å². The number of aromatic nitrogens is 5. The minimum Gasteiger partial charge on any atom is -0.467 e. The Morgan fingerprint density at radius 3 is 2.56 bits per heavy atom. The lowest BCUT2D eigenvalue weighted by atomic mass is 10.4. The molecular formula is C9H10ClN5O. The largest absolute Gasteiger partial charge is 0.467 e. The number of imidazole rings is 1. The molecule has 0 N–H and O–H groups in total. The van der Waals surface area contributed by atoms with Gasteiger partial charge in [-0.2, -0.15) is 15.0 Å². The van der Waals surface area contributed by atoms with Crippen LogP contribution in [0.2, 0.25) is 5.28 Å². The number of hydrogen-bond donors (Lipinski definition) is 0. The van der Waals surface area contributed by atoms with Crippen molar-refractivity contribution < 1.29 is 4.74 Å². The molecule has 2 aromatic heterocycles. The third-order valence-electron chi connectivity index (χ3n) is 2.23. The van der Waals surface area contributed by atoms with Gasteiger partial charge in [0.05, 0.1) is 12.8 Å². The molecule has 7 heteroatoms. The Morgan fingerprint density at radius 1 is 1.25 bits per heavy atom. The van der Waals surface area contributed by atoms with E-state index in [0.29, 0.717) is 5.95 Å². The Morgan fingerprint density at radius 2 is 2.00 bits per heavy atom. The van der Waals surface area contributed by atoms with Crippen LogP contribution in [-0.2, 0) is 0 Å². The van der Waals surface area contributed by atoms with Crippen molar-refractivity contribution in [1.29, 1.82) is 0 Å². The summed E-state index contributed by atoms with van der Waals surface area (Å²) in [4.78, 5) is 16.1. The molecule has 2 heterocycles. The minimum absolute atomic E-state index is 0.0904. The van der Waals surface area contributed by atoms with Crippen molar-refractivity contribution in [3.05, 3.63) is 23.0 Å². The standard InChI is InChI=1S/C9H10ClN5O/c1-5-6(2)15(4-11-5)8-12-7(10)13-9(14-8)16-3/h4H,1-3H3. The summed E-state index contributed by atoms with van der Waals surface area (Å²) in [6.07, 6.45) is 1.63. The highest BCUT2D eigenvalue weighted by Crippen LogP contribution is 2.14. The molecule has 84 valence electrons. The van der Waals surface area contributed by atoms with Gasteiger partial charge in [-0.05, 0) is 25.4 Å². The van der Waals surface area contributed by atoms with Gasteiger partial charge in [0.25, 0.3) is 0 Å². The second kappa shape index (κ2) is 4.05. The van der Waals surface area contributed by atoms with Crippen molar-refractivity contribution in [3.8, 4) is 12.0 Å². The molecule has 0 amide bonds. The molecule has 16 heavy (non-hydrogen) atoms. The van der Waals surface area contributed by atoms with Crippen LogP contribution in [0.15, 0.2) is 6.33 Å². The van der Waals surface area contributed by atoms with Crippen LogP contribution in [-0.4, -0.2) is 31.6 Å². The minimum atomic E-state index is 0.0904. The molecular weight excluding hydrogens is 230 g/mol. The summed E-state index contributed by atoms with van der Waals surface area (Å²) in [5.41, 5.74) is 1.86. The number of hydrogen-bond acceptors (Lipinski definition) is 5. The van der Waals surface area contributed by atoms with Gasteiger partial charge in [-0.15, -0.1) is 0 Å². The summed E-state index contributed by atoms with van der Waals surface area (Å²) in [6.45, 7) is 3.83. The fourth-order valence-corrected chi connectivity index (χ4v) is 1.37. The summed E-state index contributed by atoms with van der Waals surface area (Å²) in [7, 11) is 1.47. The monoisotopic (exact) mass is 239 g/mol. The lowest BCUT2D eigenvalue weighted by Crippen LogP contribution is -2.05. The SMILES string of the molecule is COc1nc(Cl)nc(-n2cnc(C)c2C)n1. The summed E-state index contributed by atoms with van der Waals surface area (Å²) in [6, 6.07) is 0.181. The summed E-state index contributed by atoms with van der Waals surface area (Å²) < 4.78 is 6.65. The van der Waals surface area contributed by atoms with Crippen molar-refractivity contribution in [2.45, 2.75) is 13.8 Å². The molecule has 0 fully saturated rings. The van der Waals surface area contributed by atoms with Crippen LogP contribution in [0.25, 0.3) is 5.95 Å². The van der Waals surface area contributed by atoms with E-state index in [0.717, 1.165) is 11.4 Å². The van der Waals surface area contributed by atoms with Crippen LogP contribution in [0.1, 0.15) is 11.4 Å². The molecule has 0 aliphatic heterocycles. The molecule has 0 aliphatic rings. The normalized spacial score (nSPS) is 10.5. The maximum Gasteiger partial charge on any atom is 0.322 e. The van der Waals surface area contributed by atoms with Gasteiger partial charge < -0.3 is 4.74 Å². The zero-order valence-electron chi connectivity index (χ0n) is 9.10. The summed E-state index contributed by atoms with van der Waals surface area (Å²) in [5.74, 6) is 0.398. The van der Waals surface area contributed by atoms with Gasteiger partial charge in [0, 0.05) is 5.69 Å². The van der Waals surface area contributed by atoms with E-state index in [1.54, 1.807) is 10.9 Å². The van der Waals surface area contributed by atoms with Gasteiger partial charge in [-0.3, -0.25) is 4.57 Å². The van der Waals surface area contributed by atoms with E-state index < -0.39 is 0 Å². The van der Waals surface area contributed by atoms with Crippen LogP contribution in [0.3, 0.4) is 0 Å². The molecule has 0 spiro atoms. The first-order chi connectivity index (χ1) is 7.61. The zero-order valence-corrected chi connectivity index (χ0v) is 9.86. The fourth-order valence-electron chi connectivity index (χ4n) is 1.22. The quantitative estimate of drug-likeness (QED) is 0.791. The van der Waals surface area contributed by atoms with Crippen molar-refractivity contribution in [2.24, 2.45) is 0 Å². The molecule has 0 aliphatic carbocycles. The molecule has 0 saturated heterocycles. The van der Waals surface area contributed by atoms with E-state index >= 15 is 0 Å². The maximum absolute atomic E-state index is 5.76. The average molecular weight is 240 g/mol. The first-order valence-corrected chi connectivity index (χ1v) is 4.96. The molecule has 0 saturated carbocycles. The number of methoxy groups -OCH3 is 1. The van der Waals surface area contributed by atoms with Gasteiger partial charge >= 0.3 is 6.01 Å². The fraction of sp³-hybridized carbons (Fsp3) is 0.333. The Labute approximate surface area is 97.3 Å². The lowest BCUT2D eigenvalue weighted by molar-refractivity contribution is 0.377. The van der Waals surface area contributed by atoms with Crippen molar-refractivity contribution in [1.82, 2.24) is 24.5 Å². The highest BCUT2D eigenvalue weighted by Gasteiger charge is 2.10. The molecule has 0 radical (unpaired) electrons. The van der Waals surface area contributed by atoms with Crippen molar-refractivity contribution >= 4 is 11.6 Å². The first kappa shape index (κ1) is 10.8. The van der Waals surface area contributed by atoms with Gasteiger partial charge in [0.2, 0.25) is 11.2 Å². The molecule has 2 rings (SSSR count). The van der Waals surface area contributed by atoms with Crippen LogP contribution in [0.4, 0.5) is 0 Å². The van der Waals surface area contributed by atoms with E-state index in [2.05, 4.69) is 19.9 Å². The van der Waals surface area contributed by atoms with Crippen molar-refractivity contribution in [2.75, 3.05) is 7.11 Å². The van der Waals surface area contributed by atoms with Crippen LogP contribution < -0.4 is 4.74 Å². The van der Waals surface area contributed by atoms with E-state index in [9.17, 15) is 0 Å². The zero-order chi connectivity index (χ0) is 11.7. The predicted octanol–water partition coefficient (Wildman–Crippen LogP) is 1.34. The van der Waals surface area contributed by atoms with Crippen LogP contribution in [0.5, 0.6) is 6.01 Å². The van der Waals surface area contributed by atoms with E-state index in [4.69, 9.17) is 16.3 Å². The third kappa shape index (κ3) is 1.83. The highest BCUT2D eigenvalue weighted by molar-refractivity contribution is 6.28. The number of ether oxygens (including phenoxy) is 1. The second-order valence-electron chi connectivity index (χ2n) is 3.18. The Bertz CT molecular complexity index is 525. The van der Waals surface area contributed by atoms with E-state index in [1.807, 2.05) is 13.8 Å². The van der Waals surface area contributed by atoms with Gasteiger partial charge in [-0.1, -0.05) is 0 Å². The number of aryl methyl sites for hydroxylation is 1. The Balaban J connectivity index is 2.55. The molecule has 0 unspecified atom stereocenters. The molecule has 2 aromatic rings. The number of rotatable bonds is 2. The summed E-state index contributed by atoms with van der Waals surface area (Å²) >= 11 is 5.76. The maximum atomic E-state index is 5.76. The van der Waals surface area contributed by atoms with E-state index in [1.165, 1.54) is 7.11 Å². The second-order valence-corrected chi connectivity index (χ2v) is 3.51. The predicted molar refractivity (Wildman–Crippen MR) is 58.0 cm³/mol. The first-order valence-electron chi connectivity index (χ1n) is 4.58.